The molecule has 3 aliphatic rings. The van der Waals surface area contributed by atoms with Crippen molar-refractivity contribution < 1.29 is 68.0 Å². The molecule has 3 heterocycles. The van der Waals surface area contributed by atoms with E-state index in [1.807, 2.05) is 58.6 Å². The standard InChI is InChI=1S/C51H96N4O14/c1-16-18-19-20-21-24-39(56)52-25-22-23-26-53-48(60)69-45-35(7)55(14)30-31(3)28-49(9,61)44(68-47-41(57)37(54(12)13)27-32(4)64-47)33(5)42(34(6)46(59)66-38(17-2)51(45,11)62)67-40-29-50(10,63-15)43(58)36(8)65-40/h31-38,40-45,47,57-58,61-62H,16-30H2,1-15H3,(H,52,56)(H,53,60)/t31-,32-,33+,34-,35-,36+,37+,38-,40+,41-,42+,43+,44-,45-,47+,49-,50-,51-/m1/s1. The molecule has 0 saturated carbocycles. The number of methoxy groups -OCH3 is 1. The van der Waals surface area contributed by atoms with E-state index in [2.05, 4.69) is 17.6 Å². The number of carbonyl (C=O) groups excluding carboxylic acids is 3. The molecule has 6 N–H and O–H groups in total. The van der Waals surface area contributed by atoms with Crippen LogP contribution in [0.5, 0.6) is 0 Å². The molecule has 0 aromatic heterocycles. The molecular weight excluding hydrogens is 893 g/mol. The Kier molecular flexibility index (Phi) is 24.5. The number of alkyl carbamates (subject to hydrolysis) is 1. The van der Waals surface area contributed by atoms with Gasteiger partial charge in [-0.3, -0.25) is 14.5 Å². The van der Waals surface area contributed by atoms with Gasteiger partial charge in [0.15, 0.2) is 18.7 Å². The minimum absolute atomic E-state index is 0.0259. The predicted molar refractivity (Wildman–Crippen MR) is 262 cm³/mol. The zero-order valence-corrected chi connectivity index (χ0v) is 45.0. The van der Waals surface area contributed by atoms with Crippen LogP contribution in [-0.4, -0.2) is 186 Å². The van der Waals surface area contributed by atoms with Crippen molar-refractivity contribution in [2.75, 3.05) is 47.9 Å². The van der Waals surface area contributed by atoms with E-state index in [0.29, 0.717) is 38.8 Å². The van der Waals surface area contributed by atoms with Gasteiger partial charge in [-0.25, -0.2) is 4.79 Å². The molecule has 0 aromatic rings. The number of esters is 1. The highest BCUT2D eigenvalue weighted by Gasteiger charge is 2.53. The topological polar surface area (TPSA) is 227 Å². The van der Waals surface area contributed by atoms with E-state index in [-0.39, 0.29) is 49.8 Å². The van der Waals surface area contributed by atoms with Crippen LogP contribution in [0, 0.1) is 17.8 Å². The molecule has 0 bridgehead atoms. The van der Waals surface area contributed by atoms with Crippen LogP contribution in [0.2, 0.25) is 0 Å². The van der Waals surface area contributed by atoms with Gasteiger partial charge in [0, 0.05) is 57.6 Å². The summed E-state index contributed by atoms with van der Waals surface area (Å²) in [4.78, 5) is 44.4. The number of unbranched alkanes of at least 4 members (excludes halogenated alkanes) is 5. The molecule has 0 radical (unpaired) electrons. The molecule has 2 amide bonds. The fourth-order valence-electron chi connectivity index (χ4n) is 10.7. The number of likely N-dealkylation sites (N-methyl/N-ethyl adjacent to an activating group) is 2. The molecule has 0 aliphatic carbocycles. The monoisotopic (exact) mass is 989 g/mol. The summed E-state index contributed by atoms with van der Waals surface area (Å²) in [6, 6.07) is -0.935. The first kappa shape index (κ1) is 61.1. The average molecular weight is 989 g/mol. The molecule has 0 unspecified atom stereocenters. The van der Waals surface area contributed by atoms with Crippen LogP contribution in [0.3, 0.4) is 0 Å². The summed E-state index contributed by atoms with van der Waals surface area (Å²) in [7, 11) is 7.10. The average Bonchev–Trinajstić information content (AvgIpc) is 3.27. The van der Waals surface area contributed by atoms with Crippen molar-refractivity contribution in [1.29, 1.82) is 0 Å². The van der Waals surface area contributed by atoms with Crippen LogP contribution >= 0.6 is 0 Å². The van der Waals surface area contributed by atoms with Crippen LogP contribution < -0.4 is 10.6 Å². The lowest BCUT2D eigenvalue weighted by atomic mass is 9.77. The second-order valence-corrected chi connectivity index (χ2v) is 21.7. The van der Waals surface area contributed by atoms with E-state index < -0.39 is 102 Å². The number of aliphatic hydroxyl groups excluding tert-OH is 2. The van der Waals surface area contributed by atoms with E-state index in [9.17, 15) is 34.8 Å². The fraction of sp³-hybridized carbons (Fsp3) is 0.941. The van der Waals surface area contributed by atoms with Crippen molar-refractivity contribution in [3.8, 4) is 0 Å². The number of aliphatic hydroxyl groups is 4. The second kappa shape index (κ2) is 27.7. The second-order valence-electron chi connectivity index (χ2n) is 21.7. The SMILES string of the molecule is CCCCCCCC(=O)NCCCCNC(=O)O[C@@H]1[C@@H](C)N(C)C[C@H](C)C[C@@](C)(O)[C@H](O[C@@H]2O[C@H](C)C[C@H](N(C)C)[C@H]2O)[C@@H](C)[C@H](O[C@H]2C[C@@](C)(OC)[C@@H](O)[C@H](C)O2)[C@@H](C)C(=O)O[C@H](CC)[C@@]1(C)O. The Labute approximate surface area is 414 Å². The van der Waals surface area contributed by atoms with Crippen LogP contribution in [0.4, 0.5) is 4.79 Å². The van der Waals surface area contributed by atoms with Crippen LogP contribution in [0.25, 0.3) is 0 Å². The normalized spacial score (nSPS) is 40.1. The Morgan fingerprint density at radius 2 is 1.51 bits per heavy atom. The number of nitrogens with one attached hydrogen (secondary N) is 2. The Morgan fingerprint density at radius 3 is 2.12 bits per heavy atom. The van der Waals surface area contributed by atoms with E-state index in [1.165, 1.54) is 20.5 Å². The van der Waals surface area contributed by atoms with E-state index in [4.69, 9.17) is 33.2 Å². The summed E-state index contributed by atoms with van der Waals surface area (Å²) in [6.45, 7) is 20.9. The molecule has 0 spiro atoms. The number of carbonyl (C=O) groups is 3. The lowest BCUT2D eigenvalue weighted by Crippen LogP contribution is -2.61. The number of rotatable bonds is 19. The van der Waals surface area contributed by atoms with Crippen LogP contribution in [0.15, 0.2) is 0 Å². The Morgan fingerprint density at radius 1 is 0.870 bits per heavy atom. The maximum Gasteiger partial charge on any atom is 0.407 e. The Bertz CT molecular complexity index is 1560. The van der Waals surface area contributed by atoms with Crippen LogP contribution in [-0.2, 0) is 42.7 Å². The number of hydrogen-bond acceptors (Lipinski definition) is 16. The molecule has 69 heavy (non-hydrogen) atoms. The zero-order valence-electron chi connectivity index (χ0n) is 45.0. The van der Waals surface area contributed by atoms with Gasteiger partial charge in [0.2, 0.25) is 5.91 Å². The summed E-state index contributed by atoms with van der Waals surface area (Å²) >= 11 is 0. The van der Waals surface area contributed by atoms with Gasteiger partial charge in [-0.2, -0.15) is 0 Å². The molecule has 3 aliphatic heterocycles. The fourth-order valence-corrected chi connectivity index (χ4v) is 10.7. The van der Waals surface area contributed by atoms with Gasteiger partial charge in [0.25, 0.3) is 0 Å². The zero-order chi connectivity index (χ0) is 52.0. The highest BCUT2D eigenvalue weighted by molar-refractivity contribution is 5.75. The molecule has 3 fully saturated rings. The molecule has 18 atom stereocenters. The summed E-state index contributed by atoms with van der Waals surface area (Å²) in [5.41, 5.74) is -4.61. The van der Waals surface area contributed by atoms with Crippen molar-refractivity contribution in [2.24, 2.45) is 17.8 Å². The van der Waals surface area contributed by atoms with Crippen LogP contribution in [0.1, 0.15) is 153 Å². The maximum absolute atomic E-state index is 14.7. The number of cyclic esters (lactones) is 1. The third kappa shape index (κ3) is 17.2. The van der Waals surface area contributed by atoms with Gasteiger partial charge in [-0.1, -0.05) is 53.4 Å². The number of ether oxygens (including phenoxy) is 7. The Balaban J connectivity index is 1.99. The quantitative estimate of drug-likeness (QED) is 0.0748. The van der Waals surface area contributed by atoms with Crippen molar-refractivity contribution in [3.63, 3.8) is 0 Å². The first-order valence-corrected chi connectivity index (χ1v) is 26.0. The minimum Gasteiger partial charge on any atom is -0.459 e. The molecule has 0 aromatic carbocycles. The summed E-state index contributed by atoms with van der Waals surface area (Å²) < 4.78 is 44.3. The molecule has 18 heteroatoms. The molecular formula is C51H96N4O14. The van der Waals surface area contributed by atoms with Crippen molar-refractivity contribution >= 4 is 18.0 Å². The molecule has 3 saturated heterocycles. The molecule has 18 nitrogen and oxygen atoms in total. The number of amides is 2. The maximum atomic E-state index is 14.7. The minimum atomic E-state index is -1.91. The van der Waals surface area contributed by atoms with E-state index in [1.54, 1.807) is 34.6 Å². The van der Waals surface area contributed by atoms with Crippen molar-refractivity contribution in [2.45, 2.75) is 244 Å². The van der Waals surface area contributed by atoms with E-state index in [0.717, 1.165) is 25.7 Å². The highest BCUT2D eigenvalue weighted by atomic mass is 16.7. The van der Waals surface area contributed by atoms with Crippen molar-refractivity contribution in [3.05, 3.63) is 0 Å². The number of hydrogen-bond donors (Lipinski definition) is 6. The van der Waals surface area contributed by atoms with Gasteiger partial charge < -0.3 is 69.1 Å². The lowest BCUT2D eigenvalue weighted by molar-refractivity contribution is -0.318. The summed E-state index contributed by atoms with van der Waals surface area (Å²) in [5.74, 6) is -2.83. The Hall–Kier alpha value is -2.23. The van der Waals surface area contributed by atoms with Gasteiger partial charge in [0.05, 0.1) is 41.5 Å². The lowest BCUT2D eigenvalue weighted by Gasteiger charge is -2.48. The van der Waals surface area contributed by atoms with Crippen molar-refractivity contribution in [1.82, 2.24) is 20.4 Å². The molecule has 404 valence electrons. The predicted octanol–water partition coefficient (Wildman–Crippen LogP) is 4.89. The van der Waals surface area contributed by atoms with Gasteiger partial charge in [-0.05, 0) is 114 Å². The number of nitrogens with zero attached hydrogens (tertiary/aromatic N) is 2. The first-order valence-electron chi connectivity index (χ1n) is 26.0. The first-order chi connectivity index (χ1) is 32.2. The third-order valence-electron chi connectivity index (χ3n) is 15.1. The van der Waals surface area contributed by atoms with Gasteiger partial charge >= 0.3 is 12.1 Å². The van der Waals surface area contributed by atoms with Gasteiger partial charge in [0.1, 0.15) is 23.9 Å². The summed E-state index contributed by atoms with van der Waals surface area (Å²) in [5, 5.41) is 53.9. The van der Waals surface area contributed by atoms with E-state index >= 15 is 0 Å². The highest BCUT2D eigenvalue weighted by Crippen LogP contribution is 2.40. The molecule has 3 rings (SSSR count). The largest absolute Gasteiger partial charge is 0.459 e. The smallest absolute Gasteiger partial charge is 0.407 e. The third-order valence-corrected chi connectivity index (χ3v) is 15.1. The summed E-state index contributed by atoms with van der Waals surface area (Å²) in [6.07, 6.45) is -2.46. The van der Waals surface area contributed by atoms with Gasteiger partial charge in [-0.15, -0.1) is 0 Å².